The Morgan fingerprint density at radius 2 is 1.83 bits per heavy atom. The Bertz CT molecular complexity index is 734. The number of anilines is 1. The number of halogens is 2. The number of hydrogen-bond acceptors (Lipinski definition) is 3. The molecular formula is C17H15F2NO3. The van der Waals surface area contributed by atoms with Crippen molar-refractivity contribution < 1.29 is 23.0 Å². The van der Waals surface area contributed by atoms with E-state index in [4.69, 9.17) is 9.47 Å². The highest BCUT2D eigenvalue weighted by Gasteiger charge is 2.13. The van der Waals surface area contributed by atoms with Gasteiger partial charge in [0.1, 0.15) is 24.8 Å². The smallest absolute Gasteiger partial charge is 0.224 e. The molecule has 1 N–H and O–H groups in total. The summed E-state index contributed by atoms with van der Waals surface area (Å²) in [6, 6.07) is 8.46. The second-order valence-electron chi connectivity index (χ2n) is 5.14. The van der Waals surface area contributed by atoms with Gasteiger partial charge in [0.15, 0.2) is 11.5 Å². The van der Waals surface area contributed by atoms with E-state index in [0.29, 0.717) is 36.0 Å². The molecule has 6 heteroatoms. The molecule has 0 radical (unpaired) electrons. The Kier molecular flexibility index (Phi) is 4.41. The molecule has 2 aromatic rings. The zero-order valence-electron chi connectivity index (χ0n) is 12.3. The molecule has 1 aliphatic rings. The Balaban J connectivity index is 1.59. The van der Waals surface area contributed by atoms with Gasteiger partial charge in [0, 0.05) is 24.2 Å². The number of amides is 1. The van der Waals surface area contributed by atoms with Crippen molar-refractivity contribution in [3.63, 3.8) is 0 Å². The van der Waals surface area contributed by atoms with E-state index >= 15 is 0 Å². The summed E-state index contributed by atoms with van der Waals surface area (Å²) in [5.41, 5.74) is 0.891. The number of carbonyl (C=O) groups excluding carboxylic acids is 1. The fourth-order valence-electron chi connectivity index (χ4n) is 2.32. The van der Waals surface area contributed by atoms with Gasteiger partial charge in [0.2, 0.25) is 5.91 Å². The SMILES string of the molecule is O=C(CCc1ccc(F)cc1F)Nc1ccc2c(c1)OCCO2. The van der Waals surface area contributed by atoms with Crippen molar-refractivity contribution in [3.05, 3.63) is 53.6 Å². The predicted octanol–water partition coefficient (Wildman–Crippen LogP) is 3.31. The van der Waals surface area contributed by atoms with Crippen molar-refractivity contribution in [1.29, 1.82) is 0 Å². The van der Waals surface area contributed by atoms with Gasteiger partial charge in [-0.05, 0) is 30.2 Å². The lowest BCUT2D eigenvalue weighted by Crippen LogP contribution is -2.16. The minimum absolute atomic E-state index is 0.0942. The first-order valence-electron chi connectivity index (χ1n) is 7.25. The molecular weight excluding hydrogens is 304 g/mol. The first-order valence-corrected chi connectivity index (χ1v) is 7.25. The predicted molar refractivity (Wildman–Crippen MR) is 80.7 cm³/mol. The van der Waals surface area contributed by atoms with E-state index in [0.717, 1.165) is 6.07 Å². The molecule has 0 bridgehead atoms. The maximum Gasteiger partial charge on any atom is 0.224 e. The molecule has 0 unspecified atom stereocenters. The summed E-state index contributed by atoms with van der Waals surface area (Å²) in [5, 5.41) is 2.72. The summed E-state index contributed by atoms with van der Waals surface area (Å²) in [6.45, 7) is 0.968. The van der Waals surface area contributed by atoms with E-state index in [9.17, 15) is 13.6 Å². The quantitative estimate of drug-likeness (QED) is 0.940. The molecule has 4 nitrogen and oxygen atoms in total. The summed E-state index contributed by atoms with van der Waals surface area (Å²) < 4.78 is 37.2. The lowest BCUT2D eigenvalue weighted by molar-refractivity contribution is -0.116. The molecule has 0 aromatic heterocycles. The molecule has 2 aromatic carbocycles. The van der Waals surface area contributed by atoms with Crippen LogP contribution in [-0.4, -0.2) is 19.1 Å². The highest BCUT2D eigenvalue weighted by Crippen LogP contribution is 2.32. The van der Waals surface area contributed by atoms with E-state index in [1.54, 1.807) is 18.2 Å². The summed E-state index contributed by atoms with van der Waals surface area (Å²) in [7, 11) is 0. The van der Waals surface area contributed by atoms with Crippen LogP contribution in [0.1, 0.15) is 12.0 Å². The van der Waals surface area contributed by atoms with Crippen LogP contribution in [0.2, 0.25) is 0 Å². The van der Waals surface area contributed by atoms with Crippen LogP contribution in [0.15, 0.2) is 36.4 Å². The van der Waals surface area contributed by atoms with Crippen LogP contribution in [0, 0.1) is 11.6 Å². The zero-order chi connectivity index (χ0) is 16.2. The molecule has 1 aliphatic heterocycles. The van der Waals surface area contributed by atoms with Crippen molar-refractivity contribution in [3.8, 4) is 11.5 Å². The van der Waals surface area contributed by atoms with Gasteiger partial charge in [-0.25, -0.2) is 8.78 Å². The monoisotopic (exact) mass is 319 g/mol. The maximum atomic E-state index is 13.5. The van der Waals surface area contributed by atoms with Gasteiger partial charge in [0.05, 0.1) is 0 Å². The number of carbonyl (C=O) groups is 1. The summed E-state index contributed by atoms with van der Waals surface area (Å²) in [5.74, 6) is -0.309. The number of aryl methyl sites for hydroxylation is 1. The molecule has 0 spiro atoms. The average molecular weight is 319 g/mol. The maximum absolute atomic E-state index is 13.5. The van der Waals surface area contributed by atoms with Gasteiger partial charge >= 0.3 is 0 Å². The van der Waals surface area contributed by atoms with Crippen molar-refractivity contribution in [2.45, 2.75) is 12.8 Å². The summed E-state index contributed by atoms with van der Waals surface area (Å²) in [6.07, 6.45) is 0.291. The van der Waals surface area contributed by atoms with Gasteiger partial charge in [-0.1, -0.05) is 6.07 Å². The fourth-order valence-corrected chi connectivity index (χ4v) is 2.32. The highest BCUT2D eigenvalue weighted by molar-refractivity contribution is 5.91. The third kappa shape index (κ3) is 3.77. The zero-order valence-corrected chi connectivity index (χ0v) is 12.3. The second-order valence-corrected chi connectivity index (χ2v) is 5.14. The van der Waals surface area contributed by atoms with Gasteiger partial charge in [-0.3, -0.25) is 4.79 Å². The first-order chi connectivity index (χ1) is 11.1. The molecule has 0 fully saturated rings. The van der Waals surface area contributed by atoms with Gasteiger partial charge in [-0.15, -0.1) is 0 Å². The third-order valence-corrected chi connectivity index (χ3v) is 3.46. The van der Waals surface area contributed by atoms with Gasteiger partial charge < -0.3 is 14.8 Å². The Morgan fingerprint density at radius 3 is 2.61 bits per heavy atom. The summed E-state index contributed by atoms with van der Waals surface area (Å²) in [4.78, 5) is 12.0. The standard InChI is InChI=1S/C17H15F2NO3/c18-12-3-1-11(14(19)9-12)2-6-17(21)20-13-4-5-15-16(10-13)23-8-7-22-15/h1,3-5,9-10H,2,6-8H2,(H,20,21). The number of nitrogens with one attached hydrogen (secondary N) is 1. The van der Waals surface area contributed by atoms with Gasteiger partial charge in [0.25, 0.3) is 0 Å². The fraction of sp³-hybridized carbons (Fsp3) is 0.235. The number of rotatable bonds is 4. The number of benzene rings is 2. The van der Waals surface area contributed by atoms with Crippen LogP contribution >= 0.6 is 0 Å². The molecule has 120 valence electrons. The molecule has 0 saturated heterocycles. The molecule has 1 amide bonds. The third-order valence-electron chi connectivity index (χ3n) is 3.46. The van der Waals surface area contributed by atoms with E-state index in [-0.39, 0.29) is 18.7 Å². The topological polar surface area (TPSA) is 47.6 Å². The largest absolute Gasteiger partial charge is 0.486 e. The second kappa shape index (κ2) is 6.64. The lowest BCUT2D eigenvalue weighted by atomic mass is 10.1. The Morgan fingerprint density at radius 1 is 1.04 bits per heavy atom. The molecule has 0 saturated carbocycles. The normalized spacial score (nSPS) is 12.8. The van der Waals surface area contributed by atoms with Crippen LogP contribution in [-0.2, 0) is 11.2 Å². The van der Waals surface area contributed by atoms with Crippen LogP contribution < -0.4 is 14.8 Å². The van der Waals surface area contributed by atoms with E-state index in [1.165, 1.54) is 12.1 Å². The summed E-state index contributed by atoms with van der Waals surface area (Å²) >= 11 is 0. The van der Waals surface area contributed by atoms with E-state index in [1.807, 2.05) is 0 Å². The Hall–Kier alpha value is -2.63. The molecule has 23 heavy (non-hydrogen) atoms. The van der Waals surface area contributed by atoms with Crippen molar-refractivity contribution in [2.75, 3.05) is 18.5 Å². The Labute approximate surface area is 132 Å². The van der Waals surface area contributed by atoms with Crippen molar-refractivity contribution >= 4 is 11.6 Å². The van der Waals surface area contributed by atoms with Crippen LogP contribution in [0.4, 0.5) is 14.5 Å². The van der Waals surface area contributed by atoms with Crippen LogP contribution in [0.3, 0.4) is 0 Å². The van der Waals surface area contributed by atoms with Crippen molar-refractivity contribution in [1.82, 2.24) is 0 Å². The first kappa shape index (κ1) is 15.3. The van der Waals surface area contributed by atoms with Crippen molar-refractivity contribution in [2.24, 2.45) is 0 Å². The number of ether oxygens (including phenoxy) is 2. The lowest BCUT2D eigenvalue weighted by Gasteiger charge is -2.19. The molecule has 1 heterocycles. The average Bonchev–Trinajstić information content (AvgIpc) is 2.54. The number of hydrogen-bond donors (Lipinski definition) is 1. The van der Waals surface area contributed by atoms with Crippen LogP contribution in [0.5, 0.6) is 11.5 Å². The highest BCUT2D eigenvalue weighted by atomic mass is 19.1. The molecule has 3 rings (SSSR count). The molecule has 0 aliphatic carbocycles. The minimum Gasteiger partial charge on any atom is -0.486 e. The van der Waals surface area contributed by atoms with Gasteiger partial charge in [-0.2, -0.15) is 0 Å². The van der Waals surface area contributed by atoms with Crippen LogP contribution in [0.25, 0.3) is 0 Å². The van der Waals surface area contributed by atoms with E-state index in [2.05, 4.69) is 5.32 Å². The van der Waals surface area contributed by atoms with E-state index < -0.39 is 11.6 Å². The minimum atomic E-state index is -0.642. The molecule has 0 atom stereocenters. The number of fused-ring (bicyclic) bond motifs is 1.